The van der Waals surface area contributed by atoms with Crippen LogP contribution in [0, 0.1) is 0 Å². The van der Waals surface area contributed by atoms with Crippen molar-refractivity contribution in [3.8, 4) is 0 Å². The van der Waals surface area contributed by atoms with E-state index in [2.05, 4.69) is 42.6 Å². The number of likely N-dealkylation sites (tertiary alicyclic amines) is 2. The molecule has 128 valence electrons. The highest BCUT2D eigenvalue weighted by molar-refractivity contribution is 5.94. The van der Waals surface area contributed by atoms with Crippen LogP contribution in [-0.2, 0) is 5.54 Å². The summed E-state index contributed by atoms with van der Waals surface area (Å²) in [5.41, 5.74) is 0.640. The number of carbonyl (C=O) groups is 1. The minimum absolute atomic E-state index is 0.0899. The van der Waals surface area contributed by atoms with Crippen LogP contribution in [0.1, 0.15) is 63.7 Å². The predicted octanol–water partition coefficient (Wildman–Crippen LogP) is 2.73. The molecule has 2 saturated heterocycles. The van der Waals surface area contributed by atoms with Gasteiger partial charge in [0.1, 0.15) is 0 Å². The molecular formula is C18H30N4O. The summed E-state index contributed by atoms with van der Waals surface area (Å²) in [5, 5.41) is 4.39. The zero-order chi connectivity index (χ0) is 16.6. The molecular weight excluding hydrogens is 288 g/mol. The lowest BCUT2D eigenvalue weighted by Gasteiger charge is -2.34. The average molecular weight is 318 g/mol. The number of likely N-dealkylation sites (N-methyl/N-ethyl adjacent to an activating group) is 1. The summed E-state index contributed by atoms with van der Waals surface area (Å²) in [7, 11) is 0. The summed E-state index contributed by atoms with van der Waals surface area (Å²) in [6.45, 7) is 11.7. The van der Waals surface area contributed by atoms with Gasteiger partial charge in [-0.05, 0) is 59.5 Å². The van der Waals surface area contributed by atoms with E-state index < -0.39 is 0 Å². The molecule has 5 nitrogen and oxygen atoms in total. The molecule has 2 aliphatic rings. The third kappa shape index (κ3) is 3.16. The second kappa shape index (κ2) is 6.27. The van der Waals surface area contributed by atoms with Gasteiger partial charge in [0, 0.05) is 24.8 Å². The number of carbonyl (C=O) groups excluding carboxylic acids is 1. The standard InChI is InChI=1S/C18H30N4O/c1-5-20-10-6-8-15(20)16-9-7-11-21(16)17(23)14-12-19-22(13-14)18(2,3)4/h12-13,15-16H,5-11H2,1-4H3. The summed E-state index contributed by atoms with van der Waals surface area (Å²) in [6.07, 6.45) is 8.39. The van der Waals surface area contributed by atoms with E-state index >= 15 is 0 Å². The van der Waals surface area contributed by atoms with E-state index in [0.717, 1.165) is 31.5 Å². The molecule has 2 atom stereocenters. The highest BCUT2D eigenvalue weighted by Crippen LogP contribution is 2.31. The van der Waals surface area contributed by atoms with E-state index in [4.69, 9.17) is 0 Å². The molecule has 2 fully saturated rings. The molecule has 1 aromatic heterocycles. The van der Waals surface area contributed by atoms with Gasteiger partial charge in [0.05, 0.1) is 17.3 Å². The molecule has 2 unspecified atom stereocenters. The largest absolute Gasteiger partial charge is 0.334 e. The van der Waals surface area contributed by atoms with E-state index in [9.17, 15) is 4.79 Å². The topological polar surface area (TPSA) is 41.4 Å². The summed E-state index contributed by atoms with van der Waals surface area (Å²) in [6, 6.07) is 0.923. The molecule has 0 aromatic carbocycles. The molecule has 1 aromatic rings. The Morgan fingerprint density at radius 1 is 1.22 bits per heavy atom. The average Bonchev–Trinajstić information content (AvgIpc) is 3.23. The van der Waals surface area contributed by atoms with Gasteiger partial charge in [-0.2, -0.15) is 5.10 Å². The van der Waals surface area contributed by atoms with Crippen molar-refractivity contribution in [3.05, 3.63) is 18.0 Å². The molecule has 2 aliphatic heterocycles. The Labute approximate surface area is 139 Å². The second-order valence-electron chi connectivity index (χ2n) is 7.89. The number of hydrogen-bond donors (Lipinski definition) is 0. The van der Waals surface area contributed by atoms with Crippen LogP contribution in [0.4, 0.5) is 0 Å². The van der Waals surface area contributed by atoms with Crippen molar-refractivity contribution in [2.45, 2.75) is 71.0 Å². The number of hydrogen-bond acceptors (Lipinski definition) is 3. The Balaban J connectivity index is 1.77. The fourth-order valence-corrected chi connectivity index (χ4v) is 4.09. The van der Waals surface area contributed by atoms with Gasteiger partial charge in [0.25, 0.3) is 5.91 Å². The molecule has 3 heterocycles. The molecule has 5 heteroatoms. The van der Waals surface area contributed by atoms with Crippen LogP contribution in [0.2, 0.25) is 0 Å². The first-order chi connectivity index (χ1) is 10.9. The Morgan fingerprint density at radius 3 is 2.57 bits per heavy atom. The van der Waals surface area contributed by atoms with Crippen LogP contribution in [0.5, 0.6) is 0 Å². The highest BCUT2D eigenvalue weighted by atomic mass is 16.2. The SMILES string of the molecule is CCN1CCCC1C1CCCN1C(=O)c1cnn(C(C)(C)C)c1. The molecule has 3 rings (SSSR count). The second-order valence-corrected chi connectivity index (χ2v) is 7.89. The van der Waals surface area contributed by atoms with E-state index in [1.165, 1.54) is 19.4 Å². The van der Waals surface area contributed by atoms with Crippen LogP contribution in [0.15, 0.2) is 12.4 Å². The van der Waals surface area contributed by atoms with E-state index in [-0.39, 0.29) is 11.4 Å². The van der Waals surface area contributed by atoms with Gasteiger partial charge in [-0.3, -0.25) is 14.4 Å². The zero-order valence-corrected chi connectivity index (χ0v) is 15.0. The minimum Gasteiger partial charge on any atom is -0.334 e. The maximum atomic E-state index is 13.0. The smallest absolute Gasteiger partial charge is 0.257 e. The van der Waals surface area contributed by atoms with Crippen molar-refractivity contribution in [2.24, 2.45) is 0 Å². The van der Waals surface area contributed by atoms with Gasteiger partial charge in [0.15, 0.2) is 0 Å². The summed E-state index contributed by atoms with van der Waals surface area (Å²) >= 11 is 0. The fraction of sp³-hybridized carbons (Fsp3) is 0.778. The van der Waals surface area contributed by atoms with Gasteiger partial charge in [-0.1, -0.05) is 6.92 Å². The van der Waals surface area contributed by atoms with Crippen LogP contribution >= 0.6 is 0 Å². The number of rotatable bonds is 3. The van der Waals surface area contributed by atoms with Crippen molar-refractivity contribution in [1.29, 1.82) is 0 Å². The molecule has 0 aliphatic carbocycles. The maximum Gasteiger partial charge on any atom is 0.257 e. The van der Waals surface area contributed by atoms with Crippen molar-refractivity contribution < 1.29 is 4.79 Å². The van der Waals surface area contributed by atoms with Gasteiger partial charge in [0.2, 0.25) is 0 Å². The van der Waals surface area contributed by atoms with Crippen molar-refractivity contribution in [2.75, 3.05) is 19.6 Å². The molecule has 1 amide bonds. The van der Waals surface area contributed by atoms with Gasteiger partial charge >= 0.3 is 0 Å². The highest BCUT2D eigenvalue weighted by Gasteiger charge is 2.39. The minimum atomic E-state index is -0.0899. The number of amides is 1. The first kappa shape index (κ1) is 16.5. The normalized spacial score (nSPS) is 26.2. The van der Waals surface area contributed by atoms with Crippen molar-refractivity contribution >= 4 is 5.91 Å². The lowest BCUT2D eigenvalue weighted by atomic mass is 10.0. The molecule has 0 spiro atoms. The predicted molar refractivity (Wildman–Crippen MR) is 91.6 cm³/mol. The zero-order valence-electron chi connectivity index (χ0n) is 15.0. The van der Waals surface area contributed by atoms with Crippen molar-refractivity contribution in [1.82, 2.24) is 19.6 Å². The number of nitrogens with zero attached hydrogens (tertiary/aromatic N) is 4. The first-order valence-electron chi connectivity index (χ1n) is 9.02. The first-order valence-corrected chi connectivity index (χ1v) is 9.02. The Morgan fingerprint density at radius 2 is 1.91 bits per heavy atom. The summed E-state index contributed by atoms with van der Waals surface area (Å²) < 4.78 is 1.89. The maximum absolute atomic E-state index is 13.0. The summed E-state index contributed by atoms with van der Waals surface area (Å²) in [4.78, 5) is 17.7. The Bertz CT molecular complexity index is 560. The molecule has 23 heavy (non-hydrogen) atoms. The van der Waals surface area contributed by atoms with Gasteiger partial charge < -0.3 is 4.90 Å². The summed E-state index contributed by atoms with van der Waals surface area (Å²) in [5.74, 6) is 0.158. The molecule has 0 saturated carbocycles. The third-order valence-corrected chi connectivity index (χ3v) is 5.34. The monoisotopic (exact) mass is 318 g/mol. The van der Waals surface area contributed by atoms with E-state index in [1.54, 1.807) is 6.20 Å². The Hall–Kier alpha value is -1.36. The molecule has 0 N–H and O–H groups in total. The quantitative estimate of drug-likeness (QED) is 0.860. The van der Waals surface area contributed by atoms with E-state index in [0.29, 0.717) is 12.1 Å². The van der Waals surface area contributed by atoms with Crippen LogP contribution in [0.3, 0.4) is 0 Å². The molecule has 0 radical (unpaired) electrons. The fourth-order valence-electron chi connectivity index (χ4n) is 4.09. The number of aromatic nitrogens is 2. The lowest BCUT2D eigenvalue weighted by molar-refractivity contribution is 0.0649. The third-order valence-electron chi connectivity index (χ3n) is 5.34. The Kier molecular flexibility index (Phi) is 4.50. The van der Waals surface area contributed by atoms with Crippen LogP contribution in [0.25, 0.3) is 0 Å². The lowest BCUT2D eigenvalue weighted by Crippen LogP contribution is -2.48. The van der Waals surface area contributed by atoms with Gasteiger partial charge in [-0.15, -0.1) is 0 Å². The van der Waals surface area contributed by atoms with Gasteiger partial charge in [-0.25, -0.2) is 0 Å². The molecule has 0 bridgehead atoms. The van der Waals surface area contributed by atoms with Crippen LogP contribution < -0.4 is 0 Å². The van der Waals surface area contributed by atoms with Crippen LogP contribution in [-0.4, -0.2) is 57.2 Å². The van der Waals surface area contributed by atoms with Crippen molar-refractivity contribution in [3.63, 3.8) is 0 Å². The van der Waals surface area contributed by atoms with E-state index in [1.807, 2.05) is 10.9 Å².